The van der Waals surface area contributed by atoms with E-state index in [4.69, 9.17) is 63.4 Å². The van der Waals surface area contributed by atoms with Crippen LogP contribution in [-0.4, -0.2) is 191 Å². The number of benzene rings is 7. The summed E-state index contributed by atoms with van der Waals surface area (Å²) in [6, 6.07) is 45.0. The summed E-state index contributed by atoms with van der Waals surface area (Å²) in [5.74, 6) is 2.27. The van der Waals surface area contributed by atoms with Gasteiger partial charge in [-0.25, -0.2) is 4.98 Å². The Morgan fingerprint density at radius 3 is 1.92 bits per heavy atom. The van der Waals surface area contributed by atoms with Crippen LogP contribution in [-0.2, 0) is 64.0 Å². The lowest BCUT2D eigenvalue weighted by atomic mass is 9.49. The molecule has 1 unspecified atom stereocenters. The Kier molecular flexibility index (Phi) is 34.9. The number of unbranched alkanes of at least 4 members (excludes halogenated alkanes) is 1. The highest BCUT2D eigenvalue weighted by molar-refractivity contribution is 7.81. The maximum absolute atomic E-state index is 14.4. The van der Waals surface area contributed by atoms with Gasteiger partial charge in [0.1, 0.15) is 79.2 Å². The van der Waals surface area contributed by atoms with Gasteiger partial charge in [-0.3, -0.25) is 38.5 Å². The molecular weight excluding hydrogens is 1900 g/mol. The van der Waals surface area contributed by atoms with E-state index in [9.17, 15) is 57.1 Å². The Morgan fingerprint density at radius 1 is 0.699 bits per heavy atom. The molecule has 5 N–H and O–H groups in total. The molecule has 6 heterocycles. The van der Waals surface area contributed by atoms with Crippen LogP contribution in [0.2, 0.25) is 5.02 Å². The van der Waals surface area contributed by atoms with E-state index in [-0.39, 0.29) is 141 Å². The number of fused-ring (bicyclic) bond motifs is 1. The number of aliphatic hydroxyl groups excluding tert-OH is 1. The van der Waals surface area contributed by atoms with Crippen LogP contribution in [0.15, 0.2) is 181 Å². The minimum atomic E-state index is -4.65. The molecule has 0 spiro atoms. The number of nitriles is 1. The summed E-state index contributed by atoms with van der Waals surface area (Å²) in [4.78, 5) is 111. The van der Waals surface area contributed by atoms with Gasteiger partial charge in [0.05, 0.1) is 75.9 Å². The number of thiazole rings is 1. The average Bonchev–Trinajstić information content (AvgIpc) is 0.946. The summed E-state index contributed by atoms with van der Waals surface area (Å²) in [5.41, 5.74) is 7.96. The molecule has 3 saturated heterocycles. The molecule has 1 saturated carbocycles. The first-order valence-corrected chi connectivity index (χ1v) is 50.6. The fraction of sp³-hybridized carbons (Fsp3) is 0.436. The lowest BCUT2D eigenvalue weighted by Crippen LogP contribution is -2.74. The highest BCUT2D eigenvalue weighted by atomic mass is 35.5. The van der Waals surface area contributed by atoms with E-state index in [1.807, 2.05) is 154 Å². The zero-order chi connectivity index (χ0) is 103. The van der Waals surface area contributed by atoms with Crippen molar-refractivity contribution in [3.8, 4) is 62.3 Å². The van der Waals surface area contributed by atoms with Gasteiger partial charge in [0.2, 0.25) is 29.5 Å². The van der Waals surface area contributed by atoms with Crippen molar-refractivity contribution >= 4 is 104 Å². The number of rotatable bonds is 38. The minimum absolute atomic E-state index is 0.0131. The number of ether oxygens (including phenoxy) is 7. The summed E-state index contributed by atoms with van der Waals surface area (Å²) in [7, 11) is 0. The number of β-amino-alcohol motifs (C(OH)–C–C–N with tert-alkyl or cyclic N) is 1. The average molecular weight is 2030 g/mol. The Balaban J connectivity index is 0.000000243. The first-order chi connectivity index (χ1) is 67.8. The molecule has 143 heavy (non-hydrogen) atoms. The molecular formula is C110H127ClF3N11O15S3. The molecule has 4 aliphatic heterocycles. The summed E-state index contributed by atoms with van der Waals surface area (Å²) in [6.07, 6.45) is 0.922. The third-order valence-electron chi connectivity index (χ3n) is 27.1. The molecule has 1 aliphatic carbocycles. The number of aliphatic hydroxyl groups is 1. The normalized spacial score (nSPS) is 19.2. The van der Waals surface area contributed by atoms with Crippen molar-refractivity contribution in [1.82, 2.24) is 41.0 Å². The number of hydrogen-bond acceptors (Lipinski definition) is 20. The van der Waals surface area contributed by atoms with Crippen LogP contribution in [0, 0.1) is 65.6 Å². The third kappa shape index (κ3) is 25.2. The van der Waals surface area contributed by atoms with Crippen molar-refractivity contribution in [2.24, 2.45) is 28.1 Å². The number of nitrogens with zero attached hydrogens (tertiary/aromatic N) is 7. The zero-order valence-corrected chi connectivity index (χ0v) is 86.9. The number of alkyl halides is 3. The molecule has 758 valence electrons. The first kappa shape index (κ1) is 108. The van der Waals surface area contributed by atoms with E-state index in [0.717, 1.165) is 44.5 Å². The van der Waals surface area contributed by atoms with Gasteiger partial charge in [0.15, 0.2) is 5.11 Å². The van der Waals surface area contributed by atoms with Crippen LogP contribution in [0.3, 0.4) is 0 Å². The smallest absolute Gasteiger partial charge is 0.417 e. The number of carbonyl (C=O) groups is 7. The van der Waals surface area contributed by atoms with Crippen LogP contribution in [0.1, 0.15) is 188 Å². The molecule has 0 radical (unpaired) electrons. The van der Waals surface area contributed by atoms with Gasteiger partial charge in [-0.2, -0.15) is 18.4 Å². The maximum Gasteiger partial charge on any atom is 0.417 e. The Labute approximate surface area is 853 Å². The molecule has 26 nitrogen and oxygen atoms in total. The fourth-order valence-electron chi connectivity index (χ4n) is 19.4. The van der Waals surface area contributed by atoms with Gasteiger partial charge >= 0.3 is 6.18 Å². The summed E-state index contributed by atoms with van der Waals surface area (Å²) in [6.45, 7) is 38.1. The number of amides is 7. The predicted molar refractivity (Wildman–Crippen MR) is 552 cm³/mol. The number of aromatic nitrogens is 1. The number of terminal acetylenes is 1. The van der Waals surface area contributed by atoms with E-state index in [2.05, 4.69) is 90.9 Å². The molecule has 9 aromatic rings. The van der Waals surface area contributed by atoms with Crippen molar-refractivity contribution in [2.75, 3.05) is 69.1 Å². The number of nitrogens with one attached hydrogen (secondary N) is 4. The molecule has 7 amide bonds. The van der Waals surface area contributed by atoms with Gasteiger partial charge in [-0.05, 0) is 221 Å². The number of carbonyl (C=O) groups excluding carboxylic acids is 7. The first-order valence-electron chi connectivity index (χ1n) is 48.1. The van der Waals surface area contributed by atoms with Crippen molar-refractivity contribution in [2.45, 2.75) is 222 Å². The molecule has 8 atom stereocenters. The van der Waals surface area contributed by atoms with Gasteiger partial charge in [-0.1, -0.05) is 148 Å². The standard InChI is InChI=1S/C59H65F3N6O7S2.C51H62ClN5O8S/c1-11-41-18-19-46(30-49(41)59(60,61)62)67-40(8)58(9,10)68(57(67)76)45-20-22-47(23-21-45)74-26-24-72-38(6)39(7)73-25-27-75-51-29-42(53-37(5)64-34-77-53)16-17-43(51)31-63-54(69)50-28-36(4)32-65(50)56(71)52(35(2)3)66-33-44-14-12-13-15-48(44)55(66)70;1-31-21-24-66-42(31)33-13-11-32(12-14-33)28-54-45(61)40-25-36(58)29-57(40)46(62)43(49(2,3)4)55-41(59)30-63-22-9-10-23-64-37-18-15-34(16-19-37)44(60)56-47-50(5,6)48(51(47,7)8)65-38-20-17-35(27-53)39(52)26-38/h1,12-23,29-30,34-36,38-39,50,52H,8,24-28,31-33H2,2-7,9-10H3,(H,63,69);11-21,24,26,36,40,43,47-48,58H,9-10,22-23,25,28-30H2,1-8H3,(H,54,61)(H,55,59)(H,56,60)/t36-,38-,39-,50+,52?;36-,40+,43-,47?,48?/m11/s1. The summed E-state index contributed by atoms with van der Waals surface area (Å²) in [5, 5.41) is 34.5. The Hall–Kier alpha value is -12.2. The van der Waals surface area contributed by atoms with E-state index < -0.39 is 75.6 Å². The second-order valence-electron chi connectivity index (χ2n) is 40.2. The fourth-order valence-corrected chi connectivity index (χ4v) is 21.9. The van der Waals surface area contributed by atoms with Gasteiger partial charge < -0.3 is 79.1 Å². The number of halogens is 4. The van der Waals surface area contributed by atoms with Crippen molar-refractivity contribution in [3.05, 3.63) is 242 Å². The highest BCUT2D eigenvalue weighted by Crippen LogP contribution is 2.56. The van der Waals surface area contributed by atoms with Crippen LogP contribution in [0.4, 0.5) is 24.5 Å². The molecule has 33 heteroatoms. The summed E-state index contributed by atoms with van der Waals surface area (Å²) >= 11 is 15.3. The lowest BCUT2D eigenvalue weighted by Gasteiger charge is -2.63. The quantitative estimate of drug-likeness (QED) is 0.0136. The van der Waals surface area contributed by atoms with Crippen molar-refractivity contribution < 1.29 is 85.0 Å². The topological polar surface area (TPSA) is 305 Å². The number of thiophene rings is 1. The SMILES string of the molecule is C#Cc1ccc(N2C(=C)C(C)(C)N(c3ccc(OCCO[C@H](C)[C@@H](C)OCCOc4cc(-c5scnc5C)ccc4CNC(=O)[C@@H]4C[C@@H](C)CN4C(=O)C(C(C)C)N4Cc5ccccc5C4=O)cc3)C2=S)cc1C(F)(F)F.Cc1ccsc1-c1ccc(CNC(=O)[C@@H]2C[C@@H](O)CN2C(=O)[C@@H](NC(=O)COCCCCOc2ccc(C(=O)NC3C(C)(C)C(Oc4ccc(C#N)c(Cl)c4)C3(C)C)cc2)C(C)(C)C)cc1. The maximum atomic E-state index is 14.4. The Bertz CT molecular complexity index is 6190. The van der Waals surface area contributed by atoms with Gasteiger partial charge in [0, 0.05) is 113 Å². The van der Waals surface area contributed by atoms with Gasteiger partial charge in [-0.15, -0.1) is 29.1 Å². The summed E-state index contributed by atoms with van der Waals surface area (Å²) < 4.78 is 84.3. The molecule has 2 aromatic heterocycles. The number of thiocarbonyl (C=S) groups is 1. The van der Waals surface area contributed by atoms with E-state index in [1.54, 1.807) is 87.3 Å². The molecule has 0 bridgehead atoms. The van der Waals surface area contributed by atoms with Crippen LogP contribution in [0.25, 0.3) is 20.9 Å². The molecule has 4 fully saturated rings. The number of likely N-dealkylation sites (tertiary alicyclic amines) is 2. The minimum Gasteiger partial charge on any atom is -0.494 e. The number of anilines is 2. The monoisotopic (exact) mass is 2030 g/mol. The van der Waals surface area contributed by atoms with E-state index >= 15 is 0 Å². The van der Waals surface area contributed by atoms with E-state index in [1.165, 1.54) is 43.7 Å². The largest absolute Gasteiger partial charge is 0.494 e. The highest BCUT2D eigenvalue weighted by Gasteiger charge is 2.64. The van der Waals surface area contributed by atoms with Crippen LogP contribution in [0.5, 0.6) is 23.0 Å². The second kappa shape index (κ2) is 46.2. The third-order valence-corrected chi connectivity index (χ3v) is 29.8. The second-order valence-corrected chi connectivity index (χ2v) is 42.7. The molecule has 14 rings (SSSR count). The number of hydrogen-bond donors (Lipinski definition) is 5. The number of aryl methyl sites for hydroxylation is 2. The van der Waals surface area contributed by atoms with Crippen LogP contribution >= 0.6 is 46.5 Å². The lowest BCUT2D eigenvalue weighted by molar-refractivity contribution is -0.164. The van der Waals surface area contributed by atoms with Crippen molar-refractivity contribution in [1.29, 1.82) is 5.26 Å². The molecule has 7 aromatic carbocycles. The van der Waals surface area contributed by atoms with Crippen LogP contribution < -0.4 is 50.0 Å². The van der Waals surface area contributed by atoms with E-state index in [0.29, 0.717) is 102 Å². The van der Waals surface area contributed by atoms with Gasteiger partial charge in [0.25, 0.3) is 11.8 Å². The Morgan fingerprint density at radius 2 is 1.31 bits per heavy atom. The zero-order valence-electron chi connectivity index (χ0n) is 83.6. The van der Waals surface area contributed by atoms with Crippen molar-refractivity contribution in [3.63, 3.8) is 0 Å². The predicted octanol–water partition coefficient (Wildman–Crippen LogP) is 18.7. The molecule has 5 aliphatic rings.